The lowest BCUT2D eigenvalue weighted by Crippen LogP contribution is -2.59. The molecule has 2 saturated carbocycles. The monoisotopic (exact) mass is 626 g/mol. The minimum Gasteiger partial charge on any atom is -0.476 e. The predicted molar refractivity (Wildman–Crippen MR) is 168 cm³/mol. The van der Waals surface area contributed by atoms with E-state index in [1.807, 2.05) is 20.8 Å². The summed E-state index contributed by atoms with van der Waals surface area (Å²) in [5.74, 6) is -0.627. The molecule has 1 aromatic rings. The van der Waals surface area contributed by atoms with E-state index >= 15 is 0 Å². The highest BCUT2D eigenvalue weighted by molar-refractivity contribution is 6.12. The molecule has 0 aromatic carbocycles. The SMILES string of the molecule is CN1CCC[C@H]1COc1cc(N2CCN(C(=O)OC(C)(C)C)CC2)nc(C(=O)C2CCC[C@@]3(CCCCC34OCCO4)C2=N)n1. The molecule has 12 heteroatoms. The third-order valence-corrected chi connectivity index (χ3v) is 10.4. The second-order valence-electron chi connectivity index (χ2n) is 14.4. The zero-order valence-corrected chi connectivity index (χ0v) is 27.4. The van der Waals surface area contributed by atoms with Gasteiger partial charge in [0.1, 0.15) is 18.0 Å². The molecule has 1 N–H and O–H groups in total. The Bertz CT molecular complexity index is 1270. The highest BCUT2D eigenvalue weighted by atomic mass is 16.7. The van der Waals surface area contributed by atoms with Crippen molar-refractivity contribution < 1.29 is 28.5 Å². The molecular formula is C33H50N6O6. The van der Waals surface area contributed by atoms with Gasteiger partial charge in [0, 0.05) is 50.4 Å². The summed E-state index contributed by atoms with van der Waals surface area (Å²) in [6.07, 6.45) is 7.59. The van der Waals surface area contributed by atoms with E-state index in [0.29, 0.717) is 75.9 Å². The quantitative estimate of drug-likeness (QED) is 0.456. The van der Waals surface area contributed by atoms with Gasteiger partial charge in [-0.25, -0.2) is 9.78 Å². The Balaban J connectivity index is 1.24. The van der Waals surface area contributed by atoms with Crippen molar-refractivity contribution in [2.24, 2.45) is 11.3 Å². The number of carbonyl (C=O) groups is 2. The van der Waals surface area contributed by atoms with E-state index in [1.165, 1.54) is 0 Å². The van der Waals surface area contributed by atoms with Gasteiger partial charge in [-0.05, 0) is 72.9 Å². The van der Waals surface area contributed by atoms with E-state index < -0.39 is 22.7 Å². The predicted octanol–water partition coefficient (Wildman–Crippen LogP) is 4.31. The average Bonchev–Trinajstić information content (AvgIpc) is 3.67. The molecule has 3 atom stereocenters. The zero-order chi connectivity index (χ0) is 31.8. The highest BCUT2D eigenvalue weighted by Crippen LogP contribution is 2.56. The van der Waals surface area contributed by atoms with Gasteiger partial charge < -0.3 is 39.1 Å². The van der Waals surface area contributed by atoms with Crippen LogP contribution >= 0.6 is 0 Å². The van der Waals surface area contributed by atoms with E-state index in [-0.39, 0.29) is 17.7 Å². The number of hydrogen-bond acceptors (Lipinski definition) is 11. The lowest BCUT2D eigenvalue weighted by Gasteiger charge is -2.53. The molecule has 5 fully saturated rings. The number of Topliss-reactive ketones (excluding diaryl/α,β-unsaturated/α-hetero) is 1. The maximum atomic E-state index is 14.3. The maximum absolute atomic E-state index is 14.3. The summed E-state index contributed by atoms with van der Waals surface area (Å²) in [5.41, 5.74) is -0.744. The second kappa shape index (κ2) is 12.8. The molecular weight excluding hydrogens is 576 g/mol. The number of likely N-dealkylation sites (N-methyl/N-ethyl adjacent to an activating group) is 1. The Labute approximate surface area is 266 Å². The normalized spacial score (nSPS) is 29.0. The Hall–Kier alpha value is -2.83. The summed E-state index contributed by atoms with van der Waals surface area (Å²) in [4.78, 5) is 42.5. The zero-order valence-electron chi connectivity index (χ0n) is 27.4. The van der Waals surface area contributed by atoms with Crippen molar-refractivity contribution in [1.82, 2.24) is 19.8 Å². The van der Waals surface area contributed by atoms with E-state index in [0.717, 1.165) is 57.9 Å². The van der Waals surface area contributed by atoms with Crippen LogP contribution < -0.4 is 9.64 Å². The number of nitrogens with zero attached hydrogens (tertiary/aromatic N) is 5. The first-order chi connectivity index (χ1) is 21.5. The Morgan fingerprint density at radius 3 is 2.38 bits per heavy atom. The van der Waals surface area contributed by atoms with Crippen LogP contribution in [0, 0.1) is 16.7 Å². The standard InChI is InChI=1S/C33H50N6O6/c1-31(2,3)45-30(41)39-17-15-38(16-18-39)25-21-26(42-22-23-9-8-14-37(23)4)36-29(35-25)27(40)24-10-7-12-32(28(24)34)11-5-6-13-33(32)43-19-20-44-33/h21,23-24,34H,5-20,22H2,1-4H3/t23-,24?,32-/m0/s1. The van der Waals surface area contributed by atoms with Crippen molar-refractivity contribution in [2.75, 3.05) is 64.5 Å². The molecule has 6 rings (SSSR count). The molecule has 5 aliphatic rings. The van der Waals surface area contributed by atoms with Gasteiger partial charge in [0.15, 0.2) is 5.79 Å². The molecule has 3 saturated heterocycles. The summed E-state index contributed by atoms with van der Waals surface area (Å²) in [6.45, 7) is 10.2. The number of nitrogens with one attached hydrogen (secondary N) is 1. The van der Waals surface area contributed by atoms with Gasteiger partial charge in [-0.3, -0.25) is 4.79 Å². The van der Waals surface area contributed by atoms with Crippen LogP contribution in [0.5, 0.6) is 5.88 Å². The van der Waals surface area contributed by atoms with Crippen LogP contribution in [0.3, 0.4) is 0 Å². The van der Waals surface area contributed by atoms with Crippen LogP contribution in [0.1, 0.15) is 89.2 Å². The van der Waals surface area contributed by atoms with Gasteiger partial charge in [0.25, 0.3) is 0 Å². The minimum atomic E-state index is -0.806. The van der Waals surface area contributed by atoms with Crippen LogP contribution in [-0.4, -0.2) is 114 Å². The number of anilines is 1. The Morgan fingerprint density at radius 2 is 1.69 bits per heavy atom. The van der Waals surface area contributed by atoms with Gasteiger partial charge in [-0.15, -0.1) is 0 Å². The fraction of sp³-hybridized carbons (Fsp3) is 0.788. The van der Waals surface area contributed by atoms with E-state index in [1.54, 1.807) is 11.0 Å². The van der Waals surface area contributed by atoms with E-state index in [9.17, 15) is 15.0 Å². The molecule has 12 nitrogen and oxygen atoms in total. The lowest BCUT2D eigenvalue weighted by molar-refractivity contribution is -0.238. The van der Waals surface area contributed by atoms with E-state index in [4.69, 9.17) is 23.9 Å². The third kappa shape index (κ3) is 6.42. The molecule has 1 aromatic heterocycles. The first-order valence-electron chi connectivity index (χ1n) is 16.9. The van der Waals surface area contributed by atoms with Crippen LogP contribution in [-0.2, 0) is 14.2 Å². The van der Waals surface area contributed by atoms with Crippen LogP contribution in [0.4, 0.5) is 10.6 Å². The summed E-state index contributed by atoms with van der Waals surface area (Å²) in [5, 5.41) is 9.47. The van der Waals surface area contributed by atoms with Gasteiger partial charge in [0.2, 0.25) is 17.5 Å². The number of ketones is 1. The number of likely N-dealkylation sites (tertiary alicyclic amines) is 1. The number of ether oxygens (including phenoxy) is 4. The van der Waals surface area contributed by atoms with Crippen LogP contribution in [0.2, 0.25) is 0 Å². The molecule has 2 spiro atoms. The Morgan fingerprint density at radius 1 is 0.978 bits per heavy atom. The van der Waals surface area contributed by atoms with Gasteiger partial charge >= 0.3 is 6.09 Å². The van der Waals surface area contributed by atoms with Gasteiger partial charge in [-0.2, -0.15) is 4.98 Å². The fourth-order valence-electron chi connectivity index (χ4n) is 7.96. The number of piperazine rings is 1. The minimum absolute atomic E-state index is 0.0850. The van der Waals surface area contributed by atoms with Crippen molar-refractivity contribution in [1.29, 1.82) is 5.41 Å². The number of amides is 1. The van der Waals surface area contributed by atoms with Crippen molar-refractivity contribution in [3.8, 4) is 5.88 Å². The molecule has 248 valence electrons. The van der Waals surface area contributed by atoms with Crippen molar-refractivity contribution in [2.45, 2.75) is 96.0 Å². The third-order valence-electron chi connectivity index (χ3n) is 10.4. The van der Waals surface area contributed by atoms with E-state index in [2.05, 4.69) is 21.8 Å². The first-order valence-corrected chi connectivity index (χ1v) is 16.9. The molecule has 2 aliphatic carbocycles. The van der Waals surface area contributed by atoms with Crippen LogP contribution in [0.15, 0.2) is 6.07 Å². The Kier molecular flexibility index (Phi) is 9.11. The molecule has 0 radical (unpaired) electrons. The number of hydrogen-bond donors (Lipinski definition) is 1. The van der Waals surface area contributed by atoms with Crippen molar-refractivity contribution in [3.63, 3.8) is 0 Å². The lowest BCUT2D eigenvalue weighted by atomic mass is 9.57. The highest BCUT2D eigenvalue weighted by Gasteiger charge is 2.62. The average molecular weight is 627 g/mol. The molecule has 0 bridgehead atoms. The summed E-state index contributed by atoms with van der Waals surface area (Å²) >= 11 is 0. The second-order valence-corrected chi connectivity index (χ2v) is 14.4. The topological polar surface area (TPSA) is 130 Å². The molecule has 45 heavy (non-hydrogen) atoms. The first kappa shape index (κ1) is 32.1. The largest absolute Gasteiger partial charge is 0.476 e. The van der Waals surface area contributed by atoms with Gasteiger partial charge in [-0.1, -0.05) is 12.8 Å². The number of rotatable bonds is 6. The number of fused-ring (bicyclic) bond motifs is 1. The summed E-state index contributed by atoms with van der Waals surface area (Å²) in [7, 11) is 2.10. The smallest absolute Gasteiger partial charge is 0.410 e. The molecule has 1 unspecified atom stereocenters. The van der Waals surface area contributed by atoms with Crippen LogP contribution in [0.25, 0.3) is 0 Å². The number of aromatic nitrogens is 2. The summed E-state index contributed by atoms with van der Waals surface area (Å²) < 4.78 is 24.3. The molecule has 4 heterocycles. The number of carbonyl (C=O) groups excluding carboxylic acids is 2. The molecule has 3 aliphatic heterocycles. The van der Waals surface area contributed by atoms with Gasteiger partial charge in [0.05, 0.1) is 24.5 Å². The fourth-order valence-corrected chi connectivity index (χ4v) is 7.96. The maximum Gasteiger partial charge on any atom is 0.410 e. The van der Waals surface area contributed by atoms with Crippen molar-refractivity contribution >= 4 is 23.4 Å². The summed E-state index contributed by atoms with van der Waals surface area (Å²) in [6, 6.07) is 2.10. The molecule has 1 amide bonds. The van der Waals surface area contributed by atoms with Crippen molar-refractivity contribution in [3.05, 3.63) is 11.9 Å².